The highest BCUT2D eigenvalue weighted by Gasteiger charge is 2.14. The number of benzene rings is 1. The predicted molar refractivity (Wildman–Crippen MR) is 87.5 cm³/mol. The summed E-state index contributed by atoms with van der Waals surface area (Å²) in [5.41, 5.74) is 2.24. The van der Waals surface area contributed by atoms with Crippen molar-refractivity contribution in [3.05, 3.63) is 56.9 Å². The van der Waals surface area contributed by atoms with Gasteiger partial charge in [0, 0.05) is 9.50 Å². The van der Waals surface area contributed by atoms with E-state index >= 15 is 0 Å². The van der Waals surface area contributed by atoms with Crippen molar-refractivity contribution in [2.24, 2.45) is 0 Å². The molecule has 0 fully saturated rings. The van der Waals surface area contributed by atoms with Gasteiger partial charge < -0.3 is 9.67 Å². The minimum atomic E-state index is -1.06. The van der Waals surface area contributed by atoms with E-state index in [1.54, 1.807) is 6.07 Å². The average Bonchev–Trinajstić information content (AvgIpc) is 2.77. The highest BCUT2D eigenvalue weighted by atomic mass is 79.9. The lowest BCUT2D eigenvalue weighted by atomic mass is 10.2. The summed E-state index contributed by atoms with van der Waals surface area (Å²) in [4.78, 5) is 19.7. The van der Waals surface area contributed by atoms with Gasteiger partial charge in [-0.15, -0.1) is 0 Å². The molecule has 1 aromatic carbocycles. The fraction of sp³-hybridized carbons (Fsp3) is 0.133. The summed E-state index contributed by atoms with van der Waals surface area (Å²) < 4.78 is 2.77. The summed E-state index contributed by atoms with van der Waals surface area (Å²) in [5, 5.41) is 9.74. The van der Waals surface area contributed by atoms with Gasteiger partial charge in [0.1, 0.15) is 11.3 Å². The lowest BCUT2D eigenvalue weighted by Gasteiger charge is -2.09. The highest BCUT2D eigenvalue weighted by Crippen LogP contribution is 2.24. The summed E-state index contributed by atoms with van der Waals surface area (Å²) in [6.45, 7) is 2.39. The van der Waals surface area contributed by atoms with Crippen LogP contribution < -0.4 is 0 Å². The van der Waals surface area contributed by atoms with Crippen LogP contribution in [-0.2, 0) is 6.54 Å². The van der Waals surface area contributed by atoms with Crippen LogP contribution in [-0.4, -0.2) is 25.6 Å². The number of nitrogens with zero attached hydrogens (tertiary/aromatic N) is 3. The highest BCUT2D eigenvalue weighted by molar-refractivity contribution is 9.10. The molecule has 0 spiro atoms. The van der Waals surface area contributed by atoms with Crippen LogP contribution in [0.5, 0.6) is 0 Å². The number of carbonyl (C=O) groups is 1. The molecule has 1 N–H and O–H groups in total. The second kappa shape index (κ2) is 5.70. The Bertz CT molecular complexity index is 892. The van der Waals surface area contributed by atoms with Gasteiger partial charge in [-0.3, -0.25) is 0 Å². The minimum absolute atomic E-state index is 0.00354. The molecule has 7 heteroatoms. The standard InChI is InChI=1S/C15H11BrClN3O2/c1-8-18-12-4-5-13(15(21)22)19-14(12)20(8)7-9-2-3-10(17)6-11(9)16/h2-6H,7H2,1H3,(H,21,22). The van der Waals surface area contributed by atoms with Gasteiger partial charge in [0.05, 0.1) is 6.54 Å². The predicted octanol–water partition coefficient (Wildman–Crippen LogP) is 3.90. The van der Waals surface area contributed by atoms with E-state index in [2.05, 4.69) is 25.9 Å². The van der Waals surface area contributed by atoms with Gasteiger partial charge >= 0.3 is 5.97 Å². The van der Waals surface area contributed by atoms with Crippen molar-refractivity contribution in [2.75, 3.05) is 0 Å². The molecule has 0 bridgehead atoms. The number of fused-ring (bicyclic) bond motifs is 1. The number of pyridine rings is 1. The number of imidazole rings is 1. The van der Waals surface area contributed by atoms with Crippen molar-refractivity contribution in [1.82, 2.24) is 14.5 Å². The zero-order chi connectivity index (χ0) is 15.9. The van der Waals surface area contributed by atoms with Crippen molar-refractivity contribution >= 4 is 44.7 Å². The lowest BCUT2D eigenvalue weighted by Crippen LogP contribution is -2.06. The normalized spacial score (nSPS) is 11.0. The van der Waals surface area contributed by atoms with Crippen LogP contribution in [0.1, 0.15) is 21.9 Å². The van der Waals surface area contributed by atoms with E-state index in [1.807, 2.05) is 29.7 Å². The molecule has 0 aliphatic rings. The molecule has 0 radical (unpaired) electrons. The molecule has 2 heterocycles. The van der Waals surface area contributed by atoms with E-state index in [0.717, 1.165) is 15.9 Å². The van der Waals surface area contributed by atoms with Gasteiger partial charge in [-0.05, 0) is 36.8 Å². The average molecular weight is 381 g/mol. The fourth-order valence-corrected chi connectivity index (χ4v) is 3.05. The molecule has 0 atom stereocenters. The monoisotopic (exact) mass is 379 g/mol. The Labute approximate surface area is 139 Å². The van der Waals surface area contributed by atoms with E-state index < -0.39 is 5.97 Å². The molecule has 2 aromatic heterocycles. The SMILES string of the molecule is Cc1nc2ccc(C(=O)O)nc2n1Cc1ccc(Cl)cc1Br. The van der Waals surface area contributed by atoms with Crippen LogP contribution in [0.3, 0.4) is 0 Å². The minimum Gasteiger partial charge on any atom is -0.477 e. The van der Waals surface area contributed by atoms with Crippen LogP contribution in [0.15, 0.2) is 34.8 Å². The Morgan fingerprint density at radius 3 is 2.77 bits per heavy atom. The second-order valence-electron chi connectivity index (χ2n) is 4.83. The van der Waals surface area contributed by atoms with E-state index in [1.165, 1.54) is 6.07 Å². The number of hydrogen-bond acceptors (Lipinski definition) is 3. The summed E-state index contributed by atoms with van der Waals surface area (Å²) >= 11 is 9.44. The maximum atomic E-state index is 11.1. The van der Waals surface area contributed by atoms with Crippen molar-refractivity contribution in [3.8, 4) is 0 Å². The molecule has 3 rings (SSSR count). The third kappa shape index (κ3) is 2.71. The number of rotatable bonds is 3. The number of aromatic carboxylic acids is 1. The number of aryl methyl sites for hydroxylation is 1. The zero-order valence-corrected chi connectivity index (χ0v) is 13.9. The summed E-state index contributed by atoms with van der Waals surface area (Å²) in [7, 11) is 0. The third-order valence-corrected chi connectivity index (χ3v) is 4.32. The van der Waals surface area contributed by atoms with Gasteiger partial charge in [-0.1, -0.05) is 33.6 Å². The molecular weight excluding hydrogens is 370 g/mol. The lowest BCUT2D eigenvalue weighted by molar-refractivity contribution is 0.0691. The largest absolute Gasteiger partial charge is 0.477 e. The van der Waals surface area contributed by atoms with Gasteiger partial charge in [0.2, 0.25) is 0 Å². The van der Waals surface area contributed by atoms with E-state index in [4.69, 9.17) is 16.7 Å². The van der Waals surface area contributed by atoms with Crippen LogP contribution in [0, 0.1) is 6.92 Å². The first-order valence-electron chi connectivity index (χ1n) is 6.47. The molecule has 3 aromatic rings. The van der Waals surface area contributed by atoms with Crippen LogP contribution in [0.4, 0.5) is 0 Å². The van der Waals surface area contributed by atoms with Crippen LogP contribution in [0.25, 0.3) is 11.2 Å². The van der Waals surface area contributed by atoms with Gasteiger partial charge in [-0.25, -0.2) is 14.8 Å². The smallest absolute Gasteiger partial charge is 0.354 e. The number of hydrogen-bond donors (Lipinski definition) is 1. The Hall–Kier alpha value is -1.92. The molecule has 0 saturated carbocycles. The van der Waals surface area contributed by atoms with E-state index in [-0.39, 0.29) is 5.69 Å². The summed E-state index contributed by atoms with van der Waals surface area (Å²) in [5.74, 6) is -0.285. The van der Waals surface area contributed by atoms with E-state index in [0.29, 0.717) is 22.7 Å². The Morgan fingerprint density at radius 2 is 2.09 bits per heavy atom. The third-order valence-electron chi connectivity index (χ3n) is 3.35. The van der Waals surface area contributed by atoms with Gasteiger partial charge in [0.25, 0.3) is 0 Å². The number of carboxylic acid groups (broad SMARTS) is 1. The van der Waals surface area contributed by atoms with E-state index in [9.17, 15) is 4.79 Å². The van der Waals surface area contributed by atoms with Gasteiger partial charge in [-0.2, -0.15) is 0 Å². The molecular formula is C15H11BrClN3O2. The molecule has 5 nitrogen and oxygen atoms in total. The van der Waals surface area contributed by atoms with Crippen molar-refractivity contribution < 1.29 is 9.90 Å². The Kier molecular flexibility index (Phi) is 3.88. The van der Waals surface area contributed by atoms with Crippen molar-refractivity contribution in [1.29, 1.82) is 0 Å². The first kappa shape index (κ1) is 15.0. The number of aromatic nitrogens is 3. The number of halogens is 2. The molecule has 0 unspecified atom stereocenters. The van der Waals surface area contributed by atoms with Crippen LogP contribution in [0.2, 0.25) is 5.02 Å². The van der Waals surface area contributed by atoms with Crippen molar-refractivity contribution in [2.45, 2.75) is 13.5 Å². The second-order valence-corrected chi connectivity index (χ2v) is 6.12. The molecule has 0 saturated heterocycles. The quantitative estimate of drug-likeness (QED) is 0.748. The topological polar surface area (TPSA) is 68.0 Å². The Balaban J connectivity index is 2.11. The maximum absolute atomic E-state index is 11.1. The maximum Gasteiger partial charge on any atom is 0.354 e. The molecule has 22 heavy (non-hydrogen) atoms. The van der Waals surface area contributed by atoms with Gasteiger partial charge in [0.15, 0.2) is 11.3 Å². The van der Waals surface area contributed by atoms with Crippen molar-refractivity contribution in [3.63, 3.8) is 0 Å². The Morgan fingerprint density at radius 1 is 1.32 bits per heavy atom. The first-order chi connectivity index (χ1) is 10.5. The first-order valence-corrected chi connectivity index (χ1v) is 7.64. The number of carboxylic acids is 1. The summed E-state index contributed by atoms with van der Waals surface area (Å²) in [6.07, 6.45) is 0. The molecule has 0 amide bonds. The molecule has 112 valence electrons. The summed E-state index contributed by atoms with van der Waals surface area (Å²) in [6, 6.07) is 8.68. The molecule has 0 aliphatic heterocycles. The fourth-order valence-electron chi connectivity index (χ4n) is 2.24. The van der Waals surface area contributed by atoms with Crippen LogP contribution >= 0.6 is 27.5 Å². The molecule has 0 aliphatic carbocycles. The zero-order valence-electron chi connectivity index (χ0n) is 11.5.